The van der Waals surface area contributed by atoms with Crippen molar-refractivity contribution in [3.05, 3.63) is 17.7 Å². The Morgan fingerprint density at radius 1 is 1.20 bits per heavy atom. The van der Waals surface area contributed by atoms with Crippen molar-refractivity contribution in [1.82, 2.24) is 0 Å². The lowest BCUT2D eigenvalue weighted by Crippen LogP contribution is -2.26. The molecule has 0 spiro atoms. The van der Waals surface area contributed by atoms with E-state index >= 15 is 0 Å². The van der Waals surface area contributed by atoms with Crippen LogP contribution in [-0.4, -0.2) is 21.9 Å². The van der Waals surface area contributed by atoms with E-state index in [9.17, 15) is 10.2 Å². The number of phenolic OH excluding ortho intramolecular Hbond substituents is 3. The van der Waals surface area contributed by atoms with Crippen LogP contribution < -0.4 is 5.90 Å². The number of nitrogens with two attached hydrogens (primary N) is 1. The Hall–Kier alpha value is -1.46. The second-order valence-electron chi connectivity index (χ2n) is 4.05. The van der Waals surface area contributed by atoms with Gasteiger partial charge in [-0.3, -0.25) is 0 Å². The maximum absolute atomic E-state index is 9.62. The van der Waals surface area contributed by atoms with Crippen molar-refractivity contribution in [2.75, 3.05) is 6.61 Å². The summed E-state index contributed by atoms with van der Waals surface area (Å²) in [5.74, 6) is 4.40. The summed E-state index contributed by atoms with van der Waals surface area (Å²) in [5.41, 5.74) is -0.345. The summed E-state index contributed by atoms with van der Waals surface area (Å²) >= 11 is 0. The van der Waals surface area contributed by atoms with E-state index in [0.717, 1.165) is 12.1 Å². The largest absolute Gasteiger partial charge is 0.508 e. The minimum absolute atomic E-state index is 0.138. The molecule has 1 aromatic carbocycles. The lowest BCUT2D eigenvalue weighted by Gasteiger charge is -2.25. The lowest BCUT2D eigenvalue weighted by molar-refractivity contribution is 0.0944. The first-order valence-electron chi connectivity index (χ1n) is 4.45. The SMILES string of the molecule is CC(C)(CON)c1c(O)cc(O)cc1O. The third-order valence-corrected chi connectivity index (χ3v) is 2.20. The Morgan fingerprint density at radius 2 is 1.67 bits per heavy atom. The van der Waals surface area contributed by atoms with E-state index in [-0.39, 0.29) is 23.9 Å². The molecule has 0 amide bonds. The van der Waals surface area contributed by atoms with E-state index in [4.69, 9.17) is 11.0 Å². The molecule has 0 atom stereocenters. The molecular formula is C10H15NO4. The van der Waals surface area contributed by atoms with Crippen LogP contribution in [0.2, 0.25) is 0 Å². The summed E-state index contributed by atoms with van der Waals surface area (Å²) in [7, 11) is 0. The van der Waals surface area contributed by atoms with Gasteiger partial charge in [-0.25, -0.2) is 5.90 Å². The zero-order valence-electron chi connectivity index (χ0n) is 8.69. The lowest BCUT2D eigenvalue weighted by atomic mass is 9.84. The second kappa shape index (κ2) is 3.96. The van der Waals surface area contributed by atoms with Gasteiger partial charge in [0.25, 0.3) is 0 Å². The van der Waals surface area contributed by atoms with E-state index in [0.29, 0.717) is 5.56 Å². The summed E-state index contributed by atoms with van der Waals surface area (Å²) in [4.78, 5) is 4.52. The van der Waals surface area contributed by atoms with Gasteiger partial charge in [0.2, 0.25) is 0 Å². The number of aromatic hydroxyl groups is 3. The summed E-state index contributed by atoms with van der Waals surface area (Å²) in [6.45, 7) is 3.65. The highest BCUT2D eigenvalue weighted by Gasteiger charge is 2.28. The fourth-order valence-electron chi connectivity index (χ4n) is 1.57. The minimum Gasteiger partial charge on any atom is -0.508 e. The first-order valence-corrected chi connectivity index (χ1v) is 4.45. The molecule has 84 valence electrons. The zero-order valence-corrected chi connectivity index (χ0v) is 8.69. The molecule has 1 aromatic rings. The van der Waals surface area contributed by atoms with Crippen molar-refractivity contribution < 1.29 is 20.2 Å². The Bertz CT molecular complexity index is 339. The predicted molar refractivity (Wildman–Crippen MR) is 54.6 cm³/mol. The molecule has 0 heterocycles. The maximum Gasteiger partial charge on any atom is 0.126 e. The van der Waals surface area contributed by atoms with Gasteiger partial charge in [0.15, 0.2) is 0 Å². The molecule has 0 aromatic heterocycles. The van der Waals surface area contributed by atoms with Crippen LogP contribution in [0.3, 0.4) is 0 Å². The second-order valence-corrected chi connectivity index (χ2v) is 4.05. The quantitative estimate of drug-likeness (QED) is 0.561. The summed E-state index contributed by atoms with van der Waals surface area (Å²) in [6.07, 6.45) is 0. The zero-order chi connectivity index (χ0) is 11.6. The van der Waals surface area contributed by atoms with E-state index in [1.807, 2.05) is 0 Å². The molecule has 0 aliphatic carbocycles. The van der Waals surface area contributed by atoms with Crippen molar-refractivity contribution in [3.63, 3.8) is 0 Å². The van der Waals surface area contributed by atoms with Crippen molar-refractivity contribution in [2.45, 2.75) is 19.3 Å². The number of rotatable bonds is 3. The van der Waals surface area contributed by atoms with Gasteiger partial charge in [0.05, 0.1) is 6.61 Å². The molecule has 5 heteroatoms. The first kappa shape index (κ1) is 11.6. The van der Waals surface area contributed by atoms with E-state index in [2.05, 4.69) is 4.84 Å². The van der Waals surface area contributed by atoms with Crippen LogP contribution in [0.15, 0.2) is 12.1 Å². The Balaban J connectivity index is 3.24. The molecule has 0 fully saturated rings. The smallest absolute Gasteiger partial charge is 0.126 e. The van der Waals surface area contributed by atoms with Crippen molar-refractivity contribution in [2.24, 2.45) is 5.90 Å². The highest BCUT2D eigenvalue weighted by atomic mass is 16.6. The van der Waals surface area contributed by atoms with Crippen LogP contribution >= 0.6 is 0 Å². The van der Waals surface area contributed by atoms with Crippen LogP contribution in [0, 0.1) is 0 Å². The third-order valence-electron chi connectivity index (χ3n) is 2.20. The van der Waals surface area contributed by atoms with Crippen LogP contribution in [0.4, 0.5) is 0 Å². The van der Waals surface area contributed by atoms with Crippen molar-refractivity contribution in [1.29, 1.82) is 0 Å². The van der Waals surface area contributed by atoms with E-state index < -0.39 is 5.41 Å². The predicted octanol–water partition coefficient (Wildman–Crippen LogP) is 0.971. The van der Waals surface area contributed by atoms with Gasteiger partial charge in [-0.15, -0.1) is 0 Å². The average molecular weight is 213 g/mol. The molecule has 5 nitrogen and oxygen atoms in total. The van der Waals surface area contributed by atoms with Crippen LogP contribution in [-0.2, 0) is 10.3 Å². The van der Waals surface area contributed by atoms with Gasteiger partial charge in [-0.05, 0) is 0 Å². The molecule has 1 rings (SSSR count). The monoisotopic (exact) mass is 213 g/mol. The molecule has 0 saturated carbocycles. The van der Waals surface area contributed by atoms with Crippen molar-refractivity contribution in [3.8, 4) is 17.2 Å². The number of hydrogen-bond donors (Lipinski definition) is 4. The normalized spacial score (nSPS) is 11.7. The molecular weight excluding hydrogens is 198 g/mol. The van der Waals surface area contributed by atoms with Crippen molar-refractivity contribution >= 4 is 0 Å². The summed E-state index contributed by atoms with van der Waals surface area (Å²) < 4.78 is 0. The van der Waals surface area contributed by atoms with Gasteiger partial charge in [0, 0.05) is 23.1 Å². The van der Waals surface area contributed by atoms with E-state index in [1.165, 1.54) is 0 Å². The Morgan fingerprint density at radius 3 is 2.07 bits per heavy atom. The van der Waals surface area contributed by atoms with E-state index in [1.54, 1.807) is 13.8 Å². The highest BCUT2D eigenvalue weighted by Crippen LogP contribution is 2.40. The van der Waals surface area contributed by atoms with Crippen LogP contribution in [0.5, 0.6) is 17.2 Å². The third kappa shape index (κ3) is 2.31. The van der Waals surface area contributed by atoms with Gasteiger partial charge in [-0.1, -0.05) is 13.8 Å². The topological polar surface area (TPSA) is 95.9 Å². The first-order chi connectivity index (χ1) is 6.88. The molecule has 0 aliphatic rings. The van der Waals surface area contributed by atoms with Crippen LogP contribution in [0.1, 0.15) is 19.4 Å². The molecule has 0 radical (unpaired) electrons. The minimum atomic E-state index is -0.642. The number of hydrogen-bond acceptors (Lipinski definition) is 5. The number of phenols is 3. The fourth-order valence-corrected chi connectivity index (χ4v) is 1.57. The summed E-state index contributed by atoms with van der Waals surface area (Å²) in [6, 6.07) is 2.32. The molecule has 0 aliphatic heterocycles. The molecule has 5 N–H and O–H groups in total. The average Bonchev–Trinajstić information content (AvgIpc) is 1.99. The standard InChI is InChI=1S/C10H15NO4/c1-10(2,5-15-11)9-7(13)3-6(12)4-8(9)14/h3-4,12-14H,5,11H2,1-2H3. The van der Waals surface area contributed by atoms with Gasteiger partial charge >= 0.3 is 0 Å². The number of benzene rings is 1. The maximum atomic E-state index is 9.62. The molecule has 15 heavy (non-hydrogen) atoms. The molecule has 0 saturated heterocycles. The molecule has 0 bridgehead atoms. The van der Waals surface area contributed by atoms with Gasteiger partial charge < -0.3 is 20.2 Å². The molecule has 0 unspecified atom stereocenters. The summed E-state index contributed by atoms with van der Waals surface area (Å²) in [5, 5.41) is 28.4. The Kier molecular flexibility index (Phi) is 3.06. The van der Waals surface area contributed by atoms with Crippen LogP contribution in [0.25, 0.3) is 0 Å². The fraction of sp³-hybridized carbons (Fsp3) is 0.400. The van der Waals surface area contributed by atoms with Gasteiger partial charge in [0.1, 0.15) is 17.2 Å². The highest BCUT2D eigenvalue weighted by molar-refractivity contribution is 5.52. The van der Waals surface area contributed by atoms with Gasteiger partial charge in [-0.2, -0.15) is 0 Å². The Labute approximate surface area is 87.7 Å².